The number of ether oxygens (including phenoxy) is 1. The van der Waals surface area contributed by atoms with Gasteiger partial charge in [-0.05, 0) is 39.0 Å². The molecular weight excluding hydrogens is 281 g/mol. The van der Waals surface area contributed by atoms with E-state index in [9.17, 15) is 13.2 Å². The normalized spacial score (nSPS) is 11.7. The van der Waals surface area contributed by atoms with Gasteiger partial charge in [0, 0.05) is 23.2 Å². The SMILES string of the molecule is CCNc1c(C)c(C(F)(F)F)nc2ccc(OCC)cc12. The third-order valence-electron chi connectivity index (χ3n) is 3.13. The molecule has 0 aliphatic heterocycles. The number of nitrogens with one attached hydrogen (secondary N) is 1. The Kier molecular flexibility index (Phi) is 4.25. The summed E-state index contributed by atoms with van der Waals surface area (Å²) in [5.41, 5.74) is 0.00399. The lowest BCUT2D eigenvalue weighted by Gasteiger charge is -2.17. The van der Waals surface area contributed by atoms with Gasteiger partial charge in [-0.25, -0.2) is 4.98 Å². The summed E-state index contributed by atoms with van der Waals surface area (Å²) in [5, 5.41) is 3.64. The summed E-state index contributed by atoms with van der Waals surface area (Å²) in [5.74, 6) is 0.616. The molecule has 0 radical (unpaired) electrons. The van der Waals surface area contributed by atoms with Gasteiger partial charge in [0.2, 0.25) is 0 Å². The average molecular weight is 298 g/mol. The number of hydrogen-bond donors (Lipinski definition) is 1. The monoisotopic (exact) mass is 298 g/mol. The predicted molar refractivity (Wildman–Crippen MR) is 76.8 cm³/mol. The summed E-state index contributed by atoms with van der Waals surface area (Å²) in [7, 11) is 0. The summed E-state index contributed by atoms with van der Waals surface area (Å²) in [4.78, 5) is 3.77. The van der Waals surface area contributed by atoms with Gasteiger partial charge in [-0.2, -0.15) is 13.2 Å². The van der Waals surface area contributed by atoms with Crippen LogP contribution in [0, 0.1) is 6.92 Å². The molecule has 21 heavy (non-hydrogen) atoms. The molecule has 0 aliphatic carbocycles. The van der Waals surface area contributed by atoms with E-state index in [-0.39, 0.29) is 5.56 Å². The highest BCUT2D eigenvalue weighted by Crippen LogP contribution is 2.37. The van der Waals surface area contributed by atoms with Gasteiger partial charge in [0.05, 0.1) is 12.1 Å². The van der Waals surface area contributed by atoms with E-state index in [0.29, 0.717) is 35.5 Å². The van der Waals surface area contributed by atoms with Crippen molar-refractivity contribution in [2.24, 2.45) is 0 Å². The van der Waals surface area contributed by atoms with Gasteiger partial charge in [-0.1, -0.05) is 0 Å². The Labute approximate surface area is 121 Å². The van der Waals surface area contributed by atoms with Crippen LogP contribution < -0.4 is 10.1 Å². The standard InChI is InChI=1S/C15H17F3N2O/c1-4-19-13-9(3)14(15(16,17)18)20-12-7-6-10(21-5-2)8-11(12)13/h6-8H,4-5H2,1-3H3,(H,19,20). The Hall–Kier alpha value is -1.98. The Morgan fingerprint density at radius 2 is 1.95 bits per heavy atom. The van der Waals surface area contributed by atoms with Gasteiger partial charge in [-0.15, -0.1) is 0 Å². The van der Waals surface area contributed by atoms with E-state index in [1.165, 1.54) is 6.92 Å². The molecule has 1 heterocycles. The summed E-state index contributed by atoms with van der Waals surface area (Å²) in [6.07, 6.45) is -4.47. The molecule has 0 saturated carbocycles. The Morgan fingerprint density at radius 3 is 2.52 bits per heavy atom. The van der Waals surface area contributed by atoms with Gasteiger partial charge in [-0.3, -0.25) is 0 Å². The molecule has 1 aromatic heterocycles. The van der Waals surface area contributed by atoms with Gasteiger partial charge >= 0.3 is 6.18 Å². The number of pyridine rings is 1. The summed E-state index contributed by atoms with van der Waals surface area (Å²) in [6.45, 7) is 6.14. The second kappa shape index (κ2) is 5.79. The number of halogens is 3. The topological polar surface area (TPSA) is 34.2 Å². The van der Waals surface area contributed by atoms with Crippen LogP contribution in [0.5, 0.6) is 5.75 Å². The largest absolute Gasteiger partial charge is 0.494 e. The summed E-state index contributed by atoms with van der Waals surface area (Å²) < 4.78 is 44.7. The lowest BCUT2D eigenvalue weighted by atomic mass is 10.1. The number of hydrogen-bond acceptors (Lipinski definition) is 3. The smallest absolute Gasteiger partial charge is 0.433 e. The number of nitrogens with zero attached hydrogens (tertiary/aromatic N) is 1. The Morgan fingerprint density at radius 1 is 1.24 bits per heavy atom. The molecule has 0 saturated heterocycles. The van der Waals surface area contributed by atoms with Crippen molar-refractivity contribution in [3.05, 3.63) is 29.5 Å². The molecule has 2 aromatic rings. The van der Waals surface area contributed by atoms with E-state index in [4.69, 9.17) is 4.74 Å². The third-order valence-corrected chi connectivity index (χ3v) is 3.13. The van der Waals surface area contributed by atoms with E-state index >= 15 is 0 Å². The fraction of sp³-hybridized carbons (Fsp3) is 0.400. The molecule has 0 aliphatic rings. The van der Waals surface area contributed by atoms with E-state index in [1.807, 2.05) is 13.8 Å². The first kappa shape index (κ1) is 15.4. The second-order valence-corrected chi connectivity index (χ2v) is 4.60. The van der Waals surface area contributed by atoms with Crippen molar-refractivity contribution in [2.45, 2.75) is 26.9 Å². The number of alkyl halides is 3. The lowest BCUT2D eigenvalue weighted by Crippen LogP contribution is -2.13. The van der Waals surface area contributed by atoms with Crippen molar-refractivity contribution < 1.29 is 17.9 Å². The molecule has 6 heteroatoms. The fourth-order valence-electron chi connectivity index (χ4n) is 2.27. The van der Waals surface area contributed by atoms with Crippen molar-refractivity contribution in [1.29, 1.82) is 0 Å². The minimum Gasteiger partial charge on any atom is -0.494 e. The van der Waals surface area contributed by atoms with Crippen molar-refractivity contribution >= 4 is 16.6 Å². The molecule has 0 amide bonds. The van der Waals surface area contributed by atoms with Crippen molar-refractivity contribution in [3.8, 4) is 5.75 Å². The number of rotatable bonds is 4. The molecule has 0 spiro atoms. The number of anilines is 1. The van der Waals surface area contributed by atoms with E-state index in [1.54, 1.807) is 18.2 Å². The second-order valence-electron chi connectivity index (χ2n) is 4.60. The Balaban J connectivity index is 2.73. The fourth-order valence-corrected chi connectivity index (χ4v) is 2.27. The first-order chi connectivity index (χ1) is 9.88. The minimum absolute atomic E-state index is 0.102. The van der Waals surface area contributed by atoms with E-state index in [0.717, 1.165) is 0 Å². The van der Waals surface area contributed by atoms with Crippen LogP contribution in [0.15, 0.2) is 18.2 Å². The van der Waals surface area contributed by atoms with Crippen molar-refractivity contribution in [2.75, 3.05) is 18.5 Å². The zero-order chi connectivity index (χ0) is 15.6. The average Bonchev–Trinajstić information content (AvgIpc) is 2.41. The number of fused-ring (bicyclic) bond motifs is 1. The molecule has 0 fully saturated rings. The molecule has 0 atom stereocenters. The van der Waals surface area contributed by atoms with Gasteiger partial charge < -0.3 is 10.1 Å². The zero-order valence-corrected chi connectivity index (χ0v) is 12.1. The molecule has 3 nitrogen and oxygen atoms in total. The van der Waals surface area contributed by atoms with Gasteiger partial charge in [0.1, 0.15) is 11.4 Å². The minimum atomic E-state index is -4.47. The van der Waals surface area contributed by atoms with E-state index < -0.39 is 11.9 Å². The van der Waals surface area contributed by atoms with Crippen LogP contribution in [-0.2, 0) is 6.18 Å². The molecular formula is C15H17F3N2O. The molecule has 2 rings (SSSR count). The van der Waals surface area contributed by atoms with Crippen molar-refractivity contribution in [1.82, 2.24) is 4.98 Å². The highest BCUT2D eigenvalue weighted by atomic mass is 19.4. The Bertz CT molecular complexity index is 653. The van der Waals surface area contributed by atoms with Crippen LogP contribution >= 0.6 is 0 Å². The number of benzene rings is 1. The molecule has 0 unspecified atom stereocenters. The third kappa shape index (κ3) is 3.04. The van der Waals surface area contributed by atoms with Gasteiger partial charge in [0.25, 0.3) is 0 Å². The van der Waals surface area contributed by atoms with Gasteiger partial charge in [0.15, 0.2) is 0 Å². The van der Waals surface area contributed by atoms with Crippen LogP contribution in [0.4, 0.5) is 18.9 Å². The molecule has 1 N–H and O–H groups in total. The van der Waals surface area contributed by atoms with Crippen LogP contribution in [0.2, 0.25) is 0 Å². The van der Waals surface area contributed by atoms with Crippen LogP contribution in [0.3, 0.4) is 0 Å². The highest BCUT2D eigenvalue weighted by molar-refractivity contribution is 5.94. The van der Waals surface area contributed by atoms with Crippen LogP contribution in [0.25, 0.3) is 10.9 Å². The number of aromatic nitrogens is 1. The van der Waals surface area contributed by atoms with Crippen LogP contribution in [-0.4, -0.2) is 18.1 Å². The summed E-state index contributed by atoms with van der Waals surface area (Å²) >= 11 is 0. The van der Waals surface area contributed by atoms with Crippen molar-refractivity contribution in [3.63, 3.8) is 0 Å². The van der Waals surface area contributed by atoms with Crippen LogP contribution in [0.1, 0.15) is 25.1 Å². The molecule has 0 bridgehead atoms. The molecule has 1 aromatic carbocycles. The zero-order valence-electron chi connectivity index (χ0n) is 12.1. The van der Waals surface area contributed by atoms with E-state index in [2.05, 4.69) is 10.3 Å². The maximum Gasteiger partial charge on any atom is 0.433 e. The summed E-state index contributed by atoms with van der Waals surface area (Å²) in [6, 6.07) is 4.90. The maximum atomic E-state index is 13.1. The quantitative estimate of drug-likeness (QED) is 0.909. The first-order valence-corrected chi connectivity index (χ1v) is 6.76. The predicted octanol–water partition coefficient (Wildman–Crippen LogP) is 4.39. The lowest BCUT2D eigenvalue weighted by molar-refractivity contribution is -0.141. The highest BCUT2D eigenvalue weighted by Gasteiger charge is 2.36. The molecule has 114 valence electrons. The maximum absolute atomic E-state index is 13.1. The first-order valence-electron chi connectivity index (χ1n) is 6.76.